The van der Waals surface area contributed by atoms with E-state index in [1.165, 1.54) is 11.3 Å². The molecule has 0 aliphatic carbocycles. The fourth-order valence-corrected chi connectivity index (χ4v) is 5.39. The van der Waals surface area contributed by atoms with Crippen molar-refractivity contribution in [2.75, 3.05) is 6.61 Å². The molecule has 0 spiro atoms. The third kappa shape index (κ3) is 3.54. The predicted octanol–water partition coefficient (Wildman–Crippen LogP) is 3.59. The molecule has 1 aliphatic rings. The molecule has 6 nitrogen and oxygen atoms in total. The van der Waals surface area contributed by atoms with Crippen LogP contribution in [0.3, 0.4) is 0 Å². The third-order valence-electron chi connectivity index (χ3n) is 5.85. The first-order chi connectivity index (χ1) is 16.0. The van der Waals surface area contributed by atoms with Gasteiger partial charge in [-0.3, -0.25) is 9.36 Å². The molecule has 1 aliphatic heterocycles. The van der Waals surface area contributed by atoms with Crippen molar-refractivity contribution in [3.05, 3.63) is 102 Å². The number of esters is 1. The van der Waals surface area contributed by atoms with Gasteiger partial charge in [-0.1, -0.05) is 59.9 Å². The van der Waals surface area contributed by atoms with E-state index >= 15 is 0 Å². The Balaban J connectivity index is 1.76. The molecule has 0 unspecified atom stereocenters. The lowest BCUT2D eigenvalue weighted by Crippen LogP contribution is -2.39. The Bertz CT molecular complexity index is 1590. The van der Waals surface area contributed by atoms with Crippen LogP contribution in [0.4, 0.5) is 0 Å². The van der Waals surface area contributed by atoms with Gasteiger partial charge in [0.2, 0.25) is 0 Å². The zero-order valence-corrected chi connectivity index (χ0v) is 19.4. The largest absolute Gasteiger partial charge is 0.463 e. The van der Waals surface area contributed by atoms with Gasteiger partial charge in [-0.25, -0.2) is 9.79 Å². The molecule has 0 bridgehead atoms. The molecule has 5 rings (SSSR count). The number of fused-ring (bicyclic) bond motifs is 2. The Morgan fingerprint density at radius 1 is 1.15 bits per heavy atom. The number of benzene rings is 2. The number of carbonyl (C=O) groups excluding carboxylic acids is 1. The quantitative estimate of drug-likeness (QED) is 0.476. The number of H-pyrrole nitrogens is 1. The van der Waals surface area contributed by atoms with Gasteiger partial charge in [-0.2, -0.15) is 0 Å². The number of allylic oxidation sites excluding steroid dienone is 1. The summed E-state index contributed by atoms with van der Waals surface area (Å²) in [5, 5.41) is 1.06. The second kappa shape index (κ2) is 8.33. The van der Waals surface area contributed by atoms with Crippen molar-refractivity contribution in [3.63, 3.8) is 0 Å². The highest BCUT2D eigenvalue weighted by Gasteiger charge is 2.33. The maximum absolute atomic E-state index is 13.7. The zero-order valence-electron chi connectivity index (χ0n) is 18.6. The fraction of sp³-hybridized carbons (Fsp3) is 0.192. The molecule has 1 atom stereocenters. The minimum Gasteiger partial charge on any atom is -0.463 e. The molecule has 0 radical (unpaired) electrons. The number of aromatic amines is 1. The van der Waals surface area contributed by atoms with E-state index in [0.29, 0.717) is 20.6 Å². The molecule has 3 heterocycles. The number of rotatable bonds is 4. The van der Waals surface area contributed by atoms with E-state index in [9.17, 15) is 9.59 Å². The van der Waals surface area contributed by atoms with E-state index in [-0.39, 0.29) is 12.2 Å². The van der Waals surface area contributed by atoms with Gasteiger partial charge in [-0.05, 0) is 38.5 Å². The maximum Gasteiger partial charge on any atom is 0.338 e. The lowest BCUT2D eigenvalue weighted by molar-refractivity contribution is -0.139. The summed E-state index contributed by atoms with van der Waals surface area (Å²) >= 11 is 1.33. The van der Waals surface area contributed by atoms with Gasteiger partial charge < -0.3 is 9.72 Å². The zero-order chi connectivity index (χ0) is 23.1. The van der Waals surface area contributed by atoms with E-state index in [4.69, 9.17) is 4.74 Å². The number of carbonyl (C=O) groups is 1. The summed E-state index contributed by atoms with van der Waals surface area (Å²) in [6.07, 6.45) is 1.92. The van der Waals surface area contributed by atoms with Gasteiger partial charge in [0.05, 0.1) is 28.5 Å². The minimum atomic E-state index is -0.590. The molecule has 2 aromatic carbocycles. The van der Waals surface area contributed by atoms with Crippen LogP contribution in [0.2, 0.25) is 0 Å². The Labute approximate surface area is 194 Å². The Morgan fingerprint density at radius 2 is 1.88 bits per heavy atom. The number of aryl methyl sites for hydroxylation is 1. The van der Waals surface area contributed by atoms with Crippen LogP contribution in [0.25, 0.3) is 17.0 Å². The van der Waals surface area contributed by atoms with Crippen LogP contribution >= 0.6 is 11.3 Å². The lowest BCUT2D eigenvalue weighted by Gasteiger charge is -2.24. The number of nitrogens with one attached hydrogen (secondary N) is 1. The molecular weight excluding hydrogens is 434 g/mol. The van der Waals surface area contributed by atoms with Crippen LogP contribution in [-0.2, 0) is 9.53 Å². The van der Waals surface area contributed by atoms with Crippen LogP contribution < -0.4 is 14.9 Å². The highest BCUT2D eigenvalue weighted by Crippen LogP contribution is 2.30. The number of hydrogen-bond acceptors (Lipinski definition) is 5. The number of ether oxygens (including phenoxy) is 1. The molecule has 166 valence electrons. The molecule has 33 heavy (non-hydrogen) atoms. The van der Waals surface area contributed by atoms with E-state index in [0.717, 1.165) is 27.7 Å². The van der Waals surface area contributed by atoms with E-state index in [1.807, 2.05) is 67.6 Å². The average Bonchev–Trinajstić information content (AvgIpc) is 3.29. The summed E-state index contributed by atoms with van der Waals surface area (Å²) in [4.78, 5) is 35.2. The van der Waals surface area contributed by atoms with Crippen molar-refractivity contribution in [2.45, 2.75) is 26.8 Å². The molecule has 1 N–H and O–H groups in total. The van der Waals surface area contributed by atoms with Gasteiger partial charge in [0.1, 0.15) is 0 Å². The number of nitrogens with zero attached hydrogens (tertiary/aromatic N) is 2. The number of para-hydroxylation sites is 1. The molecule has 4 aromatic rings. The van der Waals surface area contributed by atoms with Gasteiger partial charge in [0, 0.05) is 22.2 Å². The fourth-order valence-electron chi connectivity index (χ4n) is 4.36. The highest BCUT2D eigenvalue weighted by molar-refractivity contribution is 7.07. The molecule has 2 aromatic heterocycles. The van der Waals surface area contributed by atoms with Crippen molar-refractivity contribution >= 4 is 34.3 Å². The Hall–Kier alpha value is -3.71. The second-order valence-corrected chi connectivity index (χ2v) is 8.93. The van der Waals surface area contributed by atoms with Gasteiger partial charge >= 0.3 is 5.97 Å². The van der Waals surface area contributed by atoms with E-state index in [1.54, 1.807) is 18.4 Å². The minimum absolute atomic E-state index is 0.174. The first-order valence-corrected chi connectivity index (χ1v) is 11.6. The normalized spacial score (nSPS) is 16.1. The molecule has 0 saturated heterocycles. The Kier molecular flexibility index (Phi) is 5.34. The third-order valence-corrected chi connectivity index (χ3v) is 6.83. The summed E-state index contributed by atoms with van der Waals surface area (Å²) in [6.45, 7) is 5.81. The first kappa shape index (κ1) is 21.2. The molecule has 0 fully saturated rings. The summed E-state index contributed by atoms with van der Waals surface area (Å²) in [7, 11) is 0. The average molecular weight is 458 g/mol. The number of thiazole rings is 1. The van der Waals surface area contributed by atoms with Gasteiger partial charge in [-0.15, -0.1) is 0 Å². The van der Waals surface area contributed by atoms with Crippen LogP contribution in [0.1, 0.15) is 36.7 Å². The Morgan fingerprint density at radius 3 is 2.64 bits per heavy atom. The van der Waals surface area contributed by atoms with Crippen LogP contribution in [0.5, 0.6) is 0 Å². The van der Waals surface area contributed by atoms with Gasteiger partial charge in [0.25, 0.3) is 5.56 Å². The predicted molar refractivity (Wildman–Crippen MR) is 130 cm³/mol. The lowest BCUT2D eigenvalue weighted by atomic mass is 9.96. The molecular formula is C26H23N3O3S. The summed E-state index contributed by atoms with van der Waals surface area (Å²) in [5.41, 5.74) is 4.62. The SMILES string of the molecule is CCOC(=O)C1=C(C)N=c2s/c(=C/c3c(C)[nH]c4ccccc34)c(=O)n2[C@H]1c1ccccc1. The number of hydrogen-bond donors (Lipinski definition) is 1. The summed E-state index contributed by atoms with van der Waals surface area (Å²) in [5.74, 6) is -0.450. The maximum atomic E-state index is 13.7. The standard InChI is InChI=1S/C26H23N3O3S/c1-4-32-25(31)22-16(3)28-26-29(23(22)17-10-6-5-7-11-17)24(30)21(33-26)14-19-15(2)27-20-13-9-8-12-18(19)20/h5-14,23,27H,4H2,1-3H3/b21-14+/t23-/m0/s1. The van der Waals surface area contributed by atoms with Crippen LogP contribution in [0, 0.1) is 6.92 Å². The summed E-state index contributed by atoms with van der Waals surface area (Å²) in [6, 6.07) is 17.0. The molecule has 0 amide bonds. The monoisotopic (exact) mass is 457 g/mol. The van der Waals surface area contributed by atoms with Crippen LogP contribution in [-0.4, -0.2) is 22.1 Å². The first-order valence-electron chi connectivity index (χ1n) is 10.8. The second-order valence-electron chi connectivity index (χ2n) is 7.92. The van der Waals surface area contributed by atoms with Crippen molar-refractivity contribution in [2.24, 2.45) is 4.99 Å². The topological polar surface area (TPSA) is 76.4 Å². The summed E-state index contributed by atoms with van der Waals surface area (Å²) < 4.78 is 7.52. The van der Waals surface area contributed by atoms with Gasteiger partial charge in [0.15, 0.2) is 4.80 Å². The van der Waals surface area contributed by atoms with Crippen LogP contribution in [0.15, 0.2) is 75.7 Å². The number of aromatic nitrogens is 2. The smallest absolute Gasteiger partial charge is 0.338 e. The van der Waals surface area contributed by atoms with E-state index in [2.05, 4.69) is 9.98 Å². The van der Waals surface area contributed by atoms with Crippen molar-refractivity contribution in [1.82, 2.24) is 9.55 Å². The van der Waals surface area contributed by atoms with Crippen molar-refractivity contribution in [1.29, 1.82) is 0 Å². The molecule has 0 saturated carbocycles. The van der Waals surface area contributed by atoms with Crippen molar-refractivity contribution < 1.29 is 9.53 Å². The van der Waals surface area contributed by atoms with Crippen molar-refractivity contribution in [3.8, 4) is 0 Å². The highest BCUT2D eigenvalue weighted by atomic mass is 32.1. The van der Waals surface area contributed by atoms with E-state index < -0.39 is 12.0 Å². The molecule has 7 heteroatoms.